The average molecular weight is 441 g/mol. The molecule has 0 aliphatic heterocycles. The topological polar surface area (TPSA) is 79.6 Å². The Morgan fingerprint density at radius 2 is 1.77 bits per heavy atom. The fourth-order valence-corrected chi connectivity index (χ4v) is 4.01. The van der Waals surface area contributed by atoms with Crippen molar-refractivity contribution >= 4 is 22.8 Å². The first-order chi connectivity index (χ1) is 14.6. The lowest BCUT2D eigenvalue weighted by molar-refractivity contribution is 0.577. The van der Waals surface area contributed by atoms with E-state index in [0.29, 0.717) is 27.7 Å². The fraction of sp³-hybridized carbons (Fsp3) is 0.364. The zero-order valence-electron chi connectivity index (χ0n) is 18.5. The zero-order chi connectivity index (χ0) is 22.6. The molecule has 162 valence electrons. The van der Waals surface area contributed by atoms with Gasteiger partial charge in [-0.3, -0.25) is 18.5 Å². The summed E-state index contributed by atoms with van der Waals surface area (Å²) in [4.78, 5) is 31.3. The van der Waals surface area contributed by atoms with E-state index in [0.717, 1.165) is 17.0 Å². The van der Waals surface area contributed by atoms with E-state index < -0.39 is 11.2 Å². The maximum atomic E-state index is 13.6. The van der Waals surface area contributed by atoms with Gasteiger partial charge in [0.1, 0.15) is 0 Å². The molecule has 0 aliphatic carbocycles. The van der Waals surface area contributed by atoms with Gasteiger partial charge in [0.15, 0.2) is 11.2 Å². The molecule has 9 heteroatoms. The van der Waals surface area contributed by atoms with Gasteiger partial charge in [-0.15, -0.1) is 0 Å². The maximum absolute atomic E-state index is 13.6. The molecule has 4 rings (SSSR count). The van der Waals surface area contributed by atoms with Crippen LogP contribution in [0, 0.1) is 20.8 Å². The monoisotopic (exact) mass is 440 g/mol. The summed E-state index contributed by atoms with van der Waals surface area (Å²) in [7, 11) is 1.63. The van der Waals surface area contributed by atoms with Crippen molar-refractivity contribution in [2.24, 2.45) is 7.05 Å². The Labute approximate surface area is 184 Å². The minimum Gasteiger partial charge on any atom is -0.300 e. The molecule has 0 spiro atoms. The molecule has 1 aromatic carbocycles. The van der Waals surface area contributed by atoms with Crippen LogP contribution in [0.25, 0.3) is 17.1 Å². The molecule has 0 fully saturated rings. The second kappa shape index (κ2) is 7.53. The van der Waals surface area contributed by atoms with Gasteiger partial charge >= 0.3 is 5.69 Å². The number of halogens is 1. The van der Waals surface area contributed by atoms with E-state index in [9.17, 15) is 9.59 Å². The number of aromatic nitrogens is 6. The summed E-state index contributed by atoms with van der Waals surface area (Å²) in [6, 6.07) is 7.11. The van der Waals surface area contributed by atoms with E-state index in [-0.39, 0.29) is 12.6 Å². The molecule has 0 radical (unpaired) electrons. The number of benzene rings is 1. The van der Waals surface area contributed by atoms with Crippen molar-refractivity contribution in [3.05, 3.63) is 72.6 Å². The van der Waals surface area contributed by atoms with E-state index in [2.05, 4.69) is 5.10 Å². The van der Waals surface area contributed by atoms with Crippen molar-refractivity contribution in [1.29, 1.82) is 0 Å². The summed E-state index contributed by atoms with van der Waals surface area (Å²) >= 11 is 6.28. The summed E-state index contributed by atoms with van der Waals surface area (Å²) in [6.07, 6.45) is 0. The Bertz CT molecular complexity index is 1440. The Hall–Kier alpha value is -3.13. The largest absolute Gasteiger partial charge is 0.332 e. The van der Waals surface area contributed by atoms with E-state index in [1.165, 1.54) is 9.13 Å². The lowest BCUT2D eigenvalue weighted by Gasteiger charge is -2.14. The van der Waals surface area contributed by atoms with Crippen LogP contribution < -0.4 is 11.2 Å². The molecule has 0 atom stereocenters. The Morgan fingerprint density at radius 3 is 2.35 bits per heavy atom. The van der Waals surface area contributed by atoms with Gasteiger partial charge in [-0.25, -0.2) is 9.48 Å². The van der Waals surface area contributed by atoms with E-state index in [1.54, 1.807) is 17.8 Å². The highest BCUT2D eigenvalue weighted by Gasteiger charge is 2.24. The second-order valence-electron chi connectivity index (χ2n) is 8.08. The number of nitrogens with zero attached hydrogens (tertiary/aromatic N) is 6. The lowest BCUT2D eigenvalue weighted by Crippen LogP contribution is -2.40. The van der Waals surface area contributed by atoms with Crippen molar-refractivity contribution in [3.8, 4) is 5.95 Å². The van der Waals surface area contributed by atoms with Crippen LogP contribution in [0.1, 0.15) is 42.4 Å². The van der Waals surface area contributed by atoms with Crippen LogP contribution in [-0.2, 0) is 13.6 Å². The lowest BCUT2D eigenvalue weighted by atomic mass is 10.2. The summed E-state index contributed by atoms with van der Waals surface area (Å²) in [6.45, 7) is 9.95. The van der Waals surface area contributed by atoms with Crippen molar-refractivity contribution in [1.82, 2.24) is 28.5 Å². The molecule has 0 saturated heterocycles. The molecule has 8 nitrogen and oxygen atoms in total. The maximum Gasteiger partial charge on any atom is 0.332 e. The molecule has 3 heterocycles. The van der Waals surface area contributed by atoms with Crippen molar-refractivity contribution in [3.63, 3.8) is 0 Å². The molecule has 3 aromatic heterocycles. The van der Waals surface area contributed by atoms with Gasteiger partial charge < -0.3 is 0 Å². The van der Waals surface area contributed by atoms with Gasteiger partial charge in [0, 0.05) is 23.8 Å². The molecule has 0 aliphatic rings. The van der Waals surface area contributed by atoms with Gasteiger partial charge in [0.25, 0.3) is 5.56 Å². The Balaban J connectivity index is 2.06. The molecule has 0 bridgehead atoms. The van der Waals surface area contributed by atoms with Crippen LogP contribution >= 0.6 is 11.6 Å². The number of fused-ring (bicyclic) bond motifs is 1. The van der Waals surface area contributed by atoms with Crippen molar-refractivity contribution in [2.75, 3.05) is 0 Å². The number of hydrogen-bond acceptors (Lipinski definition) is 4. The smallest absolute Gasteiger partial charge is 0.300 e. The quantitative estimate of drug-likeness (QED) is 0.487. The van der Waals surface area contributed by atoms with Crippen LogP contribution in [0.4, 0.5) is 0 Å². The molecule has 4 aromatic rings. The predicted molar refractivity (Wildman–Crippen MR) is 122 cm³/mol. The van der Waals surface area contributed by atoms with E-state index in [4.69, 9.17) is 16.6 Å². The fourth-order valence-electron chi connectivity index (χ4n) is 3.82. The minimum absolute atomic E-state index is 0.0804. The molecule has 0 saturated carbocycles. The average Bonchev–Trinajstić information content (AvgIpc) is 3.25. The summed E-state index contributed by atoms with van der Waals surface area (Å²) in [5.41, 5.74) is 3.45. The number of imidazole rings is 1. The van der Waals surface area contributed by atoms with Crippen molar-refractivity contribution in [2.45, 2.75) is 47.2 Å². The molecule has 0 unspecified atom stereocenters. The first-order valence-electron chi connectivity index (χ1n) is 10.1. The zero-order valence-corrected chi connectivity index (χ0v) is 19.2. The van der Waals surface area contributed by atoms with Crippen LogP contribution in [0.15, 0.2) is 33.9 Å². The molecule has 0 amide bonds. The van der Waals surface area contributed by atoms with Gasteiger partial charge in [-0.2, -0.15) is 10.1 Å². The number of hydrogen-bond donors (Lipinski definition) is 0. The van der Waals surface area contributed by atoms with Gasteiger partial charge in [-0.1, -0.05) is 29.8 Å². The molecular formula is C22H25ClN6O2. The predicted octanol–water partition coefficient (Wildman–Crippen LogP) is 3.29. The van der Waals surface area contributed by atoms with Gasteiger partial charge in [0.2, 0.25) is 5.95 Å². The van der Waals surface area contributed by atoms with Gasteiger partial charge in [-0.05, 0) is 51.8 Å². The van der Waals surface area contributed by atoms with Crippen molar-refractivity contribution < 1.29 is 0 Å². The first kappa shape index (κ1) is 21.1. The SMILES string of the molecule is Cc1nn(-c2nc3c(c(=O)n(Cc4ccccc4Cl)c(=O)n3C)n2C(C)C)c(C)c1C. The van der Waals surface area contributed by atoms with Crippen LogP contribution in [0.3, 0.4) is 0 Å². The molecule has 31 heavy (non-hydrogen) atoms. The third-order valence-electron chi connectivity index (χ3n) is 5.80. The number of aryl methyl sites for hydroxylation is 2. The molecular weight excluding hydrogens is 416 g/mol. The van der Waals surface area contributed by atoms with Crippen LogP contribution in [0.5, 0.6) is 0 Å². The minimum atomic E-state index is -0.443. The Kier molecular flexibility index (Phi) is 5.13. The summed E-state index contributed by atoms with van der Waals surface area (Å²) in [5, 5.41) is 5.13. The highest BCUT2D eigenvalue weighted by atomic mass is 35.5. The van der Waals surface area contributed by atoms with Crippen LogP contribution in [-0.4, -0.2) is 28.5 Å². The number of rotatable bonds is 4. The van der Waals surface area contributed by atoms with Crippen LogP contribution in [0.2, 0.25) is 5.02 Å². The van der Waals surface area contributed by atoms with E-state index >= 15 is 0 Å². The summed E-state index contributed by atoms with van der Waals surface area (Å²) in [5.74, 6) is 0.515. The normalized spacial score (nSPS) is 11.7. The third kappa shape index (κ3) is 3.22. The third-order valence-corrected chi connectivity index (χ3v) is 6.17. The van der Waals surface area contributed by atoms with E-state index in [1.807, 2.05) is 57.4 Å². The molecule has 0 N–H and O–H groups in total. The highest BCUT2D eigenvalue weighted by molar-refractivity contribution is 6.31. The first-order valence-corrected chi connectivity index (χ1v) is 10.5. The standard InChI is InChI=1S/C22H25ClN6O2/c1-12(2)28-18-19(24-21(28)29-15(5)13(3)14(4)25-29)26(6)22(31)27(20(18)30)11-16-9-7-8-10-17(16)23/h7-10,12H,11H2,1-6H3. The Morgan fingerprint density at radius 1 is 1.10 bits per heavy atom. The highest BCUT2D eigenvalue weighted by Crippen LogP contribution is 2.23. The summed E-state index contributed by atoms with van der Waals surface area (Å²) < 4.78 is 6.21. The second-order valence-corrected chi connectivity index (χ2v) is 8.49. The van der Waals surface area contributed by atoms with Gasteiger partial charge in [0.05, 0.1) is 12.2 Å².